The third-order valence-electron chi connectivity index (χ3n) is 5.71. The molecule has 1 aromatic carbocycles. The number of terminal acetylenes is 1. The molecule has 0 radical (unpaired) electrons. The summed E-state index contributed by atoms with van der Waals surface area (Å²) in [5, 5.41) is 7.75. The van der Waals surface area contributed by atoms with Crippen LogP contribution in [0, 0.1) is 18.3 Å². The molecule has 3 aromatic rings. The zero-order valence-corrected chi connectivity index (χ0v) is 17.6. The molecule has 30 heavy (non-hydrogen) atoms. The average Bonchev–Trinajstić information content (AvgIpc) is 3.00. The van der Waals surface area contributed by atoms with Crippen LogP contribution in [0.4, 0.5) is 0 Å². The number of aromatic nitrogens is 2. The Labute approximate surface area is 177 Å². The number of hydrogen-bond donors (Lipinski definition) is 2. The van der Waals surface area contributed by atoms with E-state index in [1.54, 1.807) is 0 Å². The molecular formula is C25H28N4O. The predicted molar refractivity (Wildman–Crippen MR) is 120 cm³/mol. The maximum atomic E-state index is 12.8. The molecule has 0 fully saturated rings. The quantitative estimate of drug-likeness (QED) is 0.623. The van der Waals surface area contributed by atoms with Crippen molar-refractivity contribution in [3.05, 3.63) is 65.6 Å². The van der Waals surface area contributed by atoms with E-state index in [9.17, 15) is 4.79 Å². The molecule has 3 heterocycles. The van der Waals surface area contributed by atoms with E-state index in [1.165, 1.54) is 27.6 Å². The molecule has 5 heteroatoms. The number of nitrogens with zero attached hydrogens (tertiary/aromatic N) is 2. The van der Waals surface area contributed by atoms with Gasteiger partial charge in [-0.25, -0.2) is 0 Å². The standard InChI is InChI=1S/C25H28N4O/c1-4-10-27-25(30)22-14-19-16-29(15-18-8-11-26-12-9-18)23-7-5-6-20(24(19)23)21(28-22)13-17(2)3/h1,5-9,11-12,16-17,21-22,28H,10,13-15H2,2-3H3,(H,27,30). The number of amides is 1. The number of benzene rings is 1. The topological polar surface area (TPSA) is 59.0 Å². The molecule has 5 nitrogen and oxygen atoms in total. The van der Waals surface area contributed by atoms with Crippen LogP contribution in [-0.4, -0.2) is 28.0 Å². The summed E-state index contributed by atoms with van der Waals surface area (Å²) in [4.78, 5) is 16.9. The molecule has 0 bridgehead atoms. The molecular weight excluding hydrogens is 372 g/mol. The smallest absolute Gasteiger partial charge is 0.238 e. The number of rotatable bonds is 6. The molecule has 0 saturated heterocycles. The van der Waals surface area contributed by atoms with Crippen LogP contribution in [0.25, 0.3) is 10.9 Å². The van der Waals surface area contributed by atoms with Crippen molar-refractivity contribution in [2.24, 2.45) is 5.92 Å². The second kappa shape index (κ2) is 8.73. The fourth-order valence-corrected chi connectivity index (χ4v) is 4.44. The van der Waals surface area contributed by atoms with Crippen molar-refractivity contribution in [2.75, 3.05) is 6.54 Å². The van der Waals surface area contributed by atoms with Crippen LogP contribution < -0.4 is 10.6 Å². The van der Waals surface area contributed by atoms with Gasteiger partial charge in [-0.2, -0.15) is 0 Å². The van der Waals surface area contributed by atoms with Crippen molar-refractivity contribution in [3.8, 4) is 12.3 Å². The lowest BCUT2D eigenvalue weighted by atomic mass is 9.94. The largest absolute Gasteiger partial charge is 0.344 e. The molecule has 2 N–H and O–H groups in total. The van der Waals surface area contributed by atoms with Gasteiger partial charge in [-0.15, -0.1) is 6.42 Å². The van der Waals surface area contributed by atoms with Gasteiger partial charge < -0.3 is 9.88 Å². The summed E-state index contributed by atoms with van der Waals surface area (Å²) in [5.41, 5.74) is 4.89. The highest BCUT2D eigenvalue weighted by Gasteiger charge is 2.30. The third kappa shape index (κ3) is 4.10. The molecule has 154 valence electrons. The maximum absolute atomic E-state index is 12.8. The normalized spacial score (nSPS) is 18.2. The SMILES string of the molecule is C#CCNC(=O)C1Cc2cn(Cc3ccncc3)c3cccc(c23)C(CC(C)C)N1. The highest BCUT2D eigenvalue weighted by molar-refractivity contribution is 5.90. The monoisotopic (exact) mass is 400 g/mol. The lowest BCUT2D eigenvalue weighted by Crippen LogP contribution is -2.46. The van der Waals surface area contributed by atoms with Crippen molar-refractivity contribution in [1.82, 2.24) is 20.2 Å². The van der Waals surface area contributed by atoms with Crippen LogP contribution in [0.2, 0.25) is 0 Å². The summed E-state index contributed by atoms with van der Waals surface area (Å²) in [6.45, 7) is 5.46. The van der Waals surface area contributed by atoms with E-state index in [4.69, 9.17) is 6.42 Å². The van der Waals surface area contributed by atoms with Gasteiger partial charge in [0, 0.05) is 42.1 Å². The minimum absolute atomic E-state index is 0.0375. The fourth-order valence-electron chi connectivity index (χ4n) is 4.44. The van der Waals surface area contributed by atoms with E-state index in [0.717, 1.165) is 13.0 Å². The number of pyridine rings is 1. The van der Waals surface area contributed by atoms with Crippen molar-refractivity contribution in [2.45, 2.75) is 45.3 Å². The predicted octanol–water partition coefficient (Wildman–Crippen LogP) is 3.44. The van der Waals surface area contributed by atoms with E-state index in [0.29, 0.717) is 12.3 Å². The Hall–Kier alpha value is -3.10. The lowest BCUT2D eigenvalue weighted by Gasteiger charge is -2.25. The Kier molecular flexibility index (Phi) is 5.87. The Morgan fingerprint density at radius 3 is 2.87 bits per heavy atom. The van der Waals surface area contributed by atoms with Gasteiger partial charge in [-0.05, 0) is 53.6 Å². The second-order valence-corrected chi connectivity index (χ2v) is 8.41. The van der Waals surface area contributed by atoms with Gasteiger partial charge >= 0.3 is 0 Å². The first kappa shape index (κ1) is 20.2. The van der Waals surface area contributed by atoms with Crippen LogP contribution in [0.3, 0.4) is 0 Å². The third-order valence-corrected chi connectivity index (χ3v) is 5.71. The molecule has 1 aliphatic rings. The van der Waals surface area contributed by atoms with Crippen molar-refractivity contribution >= 4 is 16.8 Å². The zero-order chi connectivity index (χ0) is 21.1. The number of hydrogen-bond acceptors (Lipinski definition) is 3. The minimum atomic E-state index is -0.311. The Morgan fingerprint density at radius 1 is 1.33 bits per heavy atom. The van der Waals surface area contributed by atoms with Gasteiger partial charge in [0.2, 0.25) is 5.91 Å². The van der Waals surface area contributed by atoms with E-state index in [-0.39, 0.29) is 24.5 Å². The van der Waals surface area contributed by atoms with Crippen LogP contribution in [0.15, 0.2) is 48.9 Å². The summed E-state index contributed by atoms with van der Waals surface area (Å²) in [6, 6.07) is 10.4. The Bertz CT molecular complexity index is 1080. The molecule has 2 aromatic heterocycles. The highest BCUT2D eigenvalue weighted by atomic mass is 16.2. The van der Waals surface area contributed by atoms with Gasteiger partial charge in [0.1, 0.15) is 0 Å². The summed E-state index contributed by atoms with van der Waals surface area (Å²) in [6.07, 6.45) is 12.8. The van der Waals surface area contributed by atoms with Gasteiger partial charge in [0.25, 0.3) is 0 Å². The molecule has 1 amide bonds. The summed E-state index contributed by atoms with van der Waals surface area (Å²) >= 11 is 0. The zero-order valence-electron chi connectivity index (χ0n) is 17.6. The molecule has 0 saturated carbocycles. The first-order chi connectivity index (χ1) is 14.6. The molecule has 0 aliphatic carbocycles. The van der Waals surface area contributed by atoms with Crippen LogP contribution in [0.5, 0.6) is 0 Å². The molecule has 1 aliphatic heterocycles. The molecule has 2 atom stereocenters. The maximum Gasteiger partial charge on any atom is 0.238 e. The lowest BCUT2D eigenvalue weighted by molar-refractivity contribution is -0.123. The first-order valence-electron chi connectivity index (χ1n) is 10.5. The summed E-state index contributed by atoms with van der Waals surface area (Å²) in [7, 11) is 0. The van der Waals surface area contributed by atoms with Crippen molar-refractivity contribution in [1.29, 1.82) is 0 Å². The number of nitrogens with one attached hydrogen (secondary N) is 2. The highest BCUT2D eigenvalue weighted by Crippen LogP contribution is 2.36. The fraction of sp³-hybridized carbons (Fsp3) is 0.360. The Morgan fingerprint density at radius 2 is 2.13 bits per heavy atom. The first-order valence-corrected chi connectivity index (χ1v) is 10.5. The van der Waals surface area contributed by atoms with Crippen LogP contribution in [0.1, 0.15) is 43.0 Å². The van der Waals surface area contributed by atoms with E-state index < -0.39 is 0 Å². The summed E-state index contributed by atoms with van der Waals surface area (Å²) in [5.74, 6) is 2.97. The van der Waals surface area contributed by atoms with Gasteiger partial charge in [-0.3, -0.25) is 15.1 Å². The number of carbonyl (C=O) groups is 1. The van der Waals surface area contributed by atoms with Gasteiger partial charge in [0.15, 0.2) is 0 Å². The van der Waals surface area contributed by atoms with Gasteiger partial charge in [-0.1, -0.05) is 31.9 Å². The van der Waals surface area contributed by atoms with Crippen molar-refractivity contribution < 1.29 is 4.79 Å². The minimum Gasteiger partial charge on any atom is -0.344 e. The molecule has 0 spiro atoms. The Balaban J connectivity index is 1.77. The number of carbonyl (C=O) groups excluding carboxylic acids is 1. The molecule has 4 rings (SSSR count). The second-order valence-electron chi connectivity index (χ2n) is 8.41. The van der Waals surface area contributed by atoms with Crippen LogP contribution >= 0.6 is 0 Å². The van der Waals surface area contributed by atoms with E-state index in [1.807, 2.05) is 24.5 Å². The summed E-state index contributed by atoms with van der Waals surface area (Å²) < 4.78 is 2.29. The van der Waals surface area contributed by atoms with Gasteiger partial charge in [0.05, 0.1) is 12.6 Å². The van der Waals surface area contributed by atoms with Crippen LogP contribution in [-0.2, 0) is 17.8 Å². The van der Waals surface area contributed by atoms with E-state index >= 15 is 0 Å². The van der Waals surface area contributed by atoms with Crippen molar-refractivity contribution in [3.63, 3.8) is 0 Å². The van der Waals surface area contributed by atoms with E-state index in [2.05, 4.69) is 64.3 Å². The average molecular weight is 401 g/mol. The molecule has 2 unspecified atom stereocenters.